The van der Waals surface area contributed by atoms with E-state index in [2.05, 4.69) is 5.32 Å². The van der Waals surface area contributed by atoms with Gasteiger partial charge in [-0.25, -0.2) is 0 Å². The van der Waals surface area contributed by atoms with E-state index < -0.39 is 12.0 Å². The lowest BCUT2D eigenvalue weighted by Gasteiger charge is -2.17. The molecule has 0 amide bonds. The van der Waals surface area contributed by atoms with E-state index in [0.717, 1.165) is 12.8 Å². The smallest absolute Gasteiger partial charge is 0.323 e. The van der Waals surface area contributed by atoms with Crippen molar-refractivity contribution in [3.63, 3.8) is 0 Å². The van der Waals surface area contributed by atoms with E-state index in [1.165, 1.54) is 0 Å². The molecule has 0 fully saturated rings. The van der Waals surface area contributed by atoms with Crippen LogP contribution >= 0.6 is 0 Å². The summed E-state index contributed by atoms with van der Waals surface area (Å²) < 4.78 is 0. The molecule has 2 unspecified atom stereocenters. The second-order valence-corrected chi connectivity index (χ2v) is 2.93. The quantitative estimate of drug-likeness (QED) is 0.539. The molecule has 12 heavy (non-hydrogen) atoms. The Bertz CT molecular complexity index is 138. The number of aliphatic hydroxyl groups is 1. The van der Waals surface area contributed by atoms with Crippen LogP contribution in [0.2, 0.25) is 0 Å². The lowest BCUT2D eigenvalue weighted by molar-refractivity contribution is -0.140. The molecule has 0 rings (SSSR count). The van der Waals surface area contributed by atoms with Gasteiger partial charge in [0.25, 0.3) is 0 Å². The van der Waals surface area contributed by atoms with Gasteiger partial charge in [0.1, 0.15) is 6.04 Å². The monoisotopic (exact) mass is 175 g/mol. The van der Waals surface area contributed by atoms with E-state index in [0.29, 0.717) is 0 Å². The molecule has 72 valence electrons. The summed E-state index contributed by atoms with van der Waals surface area (Å²) in [6.45, 7) is 3.59. The number of hydrogen-bond acceptors (Lipinski definition) is 3. The van der Waals surface area contributed by atoms with Crippen molar-refractivity contribution < 1.29 is 15.0 Å². The van der Waals surface area contributed by atoms with Gasteiger partial charge in [-0.2, -0.15) is 0 Å². The van der Waals surface area contributed by atoms with Crippen molar-refractivity contribution in [2.24, 2.45) is 0 Å². The second-order valence-electron chi connectivity index (χ2n) is 2.93. The van der Waals surface area contributed by atoms with Crippen molar-refractivity contribution in [1.29, 1.82) is 0 Å². The average molecular weight is 175 g/mol. The number of hydrogen-bond donors (Lipinski definition) is 3. The zero-order valence-corrected chi connectivity index (χ0v) is 7.58. The molecular formula is C8H17NO3. The number of rotatable bonds is 6. The van der Waals surface area contributed by atoms with Crippen LogP contribution in [0.5, 0.6) is 0 Å². The number of carbonyl (C=O) groups is 1. The predicted octanol–water partition coefficient (Wildman–Crippen LogP) is 0.210. The van der Waals surface area contributed by atoms with E-state index in [4.69, 9.17) is 10.2 Å². The number of carboxylic acid groups (broad SMARTS) is 1. The van der Waals surface area contributed by atoms with Gasteiger partial charge in [0.05, 0.1) is 6.61 Å². The lowest BCUT2D eigenvalue weighted by Crippen LogP contribution is -2.44. The van der Waals surface area contributed by atoms with Gasteiger partial charge in [0.15, 0.2) is 0 Å². The zero-order chi connectivity index (χ0) is 9.56. The Labute approximate surface area is 72.6 Å². The van der Waals surface area contributed by atoms with E-state index in [1.807, 2.05) is 13.8 Å². The van der Waals surface area contributed by atoms with Gasteiger partial charge in [-0.15, -0.1) is 0 Å². The molecular weight excluding hydrogens is 158 g/mol. The van der Waals surface area contributed by atoms with Crippen molar-refractivity contribution in [2.45, 2.75) is 38.8 Å². The molecule has 4 heteroatoms. The first kappa shape index (κ1) is 11.4. The molecule has 4 nitrogen and oxygen atoms in total. The third-order valence-corrected chi connectivity index (χ3v) is 1.69. The highest BCUT2D eigenvalue weighted by molar-refractivity contribution is 5.73. The third kappa shape index (κ3) is 4.31. The summed E-state index contributed by atoms with van der Waals surface area (Å²) >= 11 is 0. The summed E-state index contributed by atoms with van der Waals surface area (Å²) in [5.41, 5.74) is 0. The Morgan fingerprint density at radius 1 is 1.58 bits per heavy atom. The second kappa shape index (κ2) is 5.97. The maximum absolute atomic E-state index is 10.4. The highest BCUT2D eigenvalue weighted by atomic mass is 16.4. The lowest BCUT2D eigenvalue weighted by atomic mass is 10.1. The largest absolute Gasteiger partial charge is 0.480 e. The molecule has 0 aromatic rings. The Kier molecular flexibility index (Phi) is 5.66. The average Bonchev–Trinajstić information content (AvgIpc) is 2.00. The Morgan fingerprint density at radius 3 is 2.50 bits per heavy atom. The molecule has 0 radical (unpaired) electrons. The third-order valence-electron chi connectivity index (χ3n) is 1.69. The normalized spacial score (nSPS) is 15.6. The van der Waals surface area contributed by atoms with Gasteiger partial charge in [-0.05, 0) is 13.3 Å². The van der Waals surface area contributed by atoms with Crippen LogP contribution in [0.3, 0.4) is 0 Å². The molecule has 2 atom stereocenters. The van der Waals surface area contributed by atoms with Gasteiger partial charge in [-0.1, -0.05) is 13.3 Å². The van der Waals surface area contributed by atoms with Crippen molar-refractivity contribution in [1.82, 2.24) is 5.32 Å². The first-order chi connectivity index (χ1) is 5.61. The number of aliphatic hydroxyl groups excluding tert-OH is 1. The zero-order valence-electron chi connectivity index (χ0n) is 7.58. The first-order valence-electron chi connectivity index (χ1n) is 4.21. The Balaban J connectivity index is 3.77. The Hall–Kier alpha value is -0.610. The van der Waals surface area contributed by atoms with Crippen LogP contribution in [0.1, 0.15) is 26.7 Å². The summed E-state index contributed by atoms with van der Waals surface area (Å²) in [6, 6.07) is -0.685. The molecule has 0 aliphatic heterocycles. The molecule has 0 aliphatic rings. The molecule has 0 bridgehead atoms. The van der Waals surface area contributed by atoms with E-state index in [9.17, 15) is 4.79 Å². The molecule has 0 aromatic carbocycles. The van der Waals surface area contributed by atoms with Crippen molar-refractivity contribution in [2.75, 3.05) is 6.61 Å². The fraction of sp³-hybridized carbons (Fsp3) is 0.875. The van der Waals surface area contributed by atoms with Gasteiger partial charge >= 0.3 is 5.97 Å². The van der Waals surface area contributed by atoms with Crippen LogP contribution in [0.15, 0.2) is 0 Å². The fourth-order valence-electron chi connectivity index (χ4n) is 1.06. The minimum Gasteiger partial charge on any atom is -0.480 e. The maximum atomic E-state index is 10.4. The summed E-state index contributed by atoms with van der Waals surface area (Å²) in [7, 11) is 0. The van der Waals surface area contributed by atoms with Crippen LogP contribution in [-0.4, -0.2) is 34.9 Å². The maximum Gasteiger partial charge on any atom is 0.323 e. The van der Waals surface area contributed by atoms with Crippen LogP contribution in [-0.2, 0) is 4.79 Å². The van der Waals surface area contributed by atoms with Gasteiger partial charge in [0, 0.05) is 6.04 Å². The predicted molar refractivity (Wildman–Crippen MR) is 46.0 cm³/mol. The number of aliphatic carboxylic acids is 1. The molecule has 0 aromatic heterocycles. The van der Waals surface area contributed by atoms with Crippen molar-refractivity contribution >= 4 is 5.97 Å². The van der Waals surface area contributed by atoms with Crippen LogP contribution in [0.25, 0.3) is 0 Å². The van der Waals surface area contributed by atoms with Crippen LogP contribution < -0.4 is 5.32 Å². The van der Waals surface area contributed by atoms with Gasteiger partial charge < -0.3 is 10.2 Å². The highest BCUT2D eigenvalue weighted by Crippen LogP contribution is 1.96. The molecule has 0 aliphatic carbocycles. The van der Waals surface area contributed by atoms with Gasteiger partial charge in [0.2, 0.25) is 0 Å². The number of nitrogens with one attached hydrogen (secondary N) is 1. The minimum absolute atomic E-state index is 0.142. The summed E-state index contributed by atoms with van der Waals surface area (Å²) in [4.78, 5) is 10.4. The standard InChI is InChI=1S/C8H17NO3/c1-3-4-6(2)9-7(5-10)8(11)12/h6-7,9-10H,3-5H2,1-2H3,(H,11,12). The minimum atomic E-state index is -1.000. The molecule has 3 N–H and O–H groups in total. The van der Waals surface area contributed by atoms with Crippen LogP contribution in [0, 0.1) is 0 Å². The highest BCUT2D eigenvalue weighted by Gasteiger charge is 2.17. The number of carboxylic acids is 1. The Morgan fingerprint density at radius 2 is 2.17 bits per heavy atom. The molecule has 0 heterocycles. The van der Waals surface area contributed by atoms with E-state index in [1.54, 1.807) is 0 Å². The SMILES string of the molecule is CCCC(C)NC(CO)C(=O)O. The molecule has 0 saturated carbocycles. The van der Waals surface area contributed by atoms with E-state index >= 15 is 0 Å². The summed E-state index contributed by atoms with van der Waals surface area (Å²) in [5, 5.41) is 20.1. The fourth-order valence-corrected chi connectivity index (χ4v) is 1.06. The molecule has 0 saturated heterocycles. The van der Waals surface area contributed by atoms with E-state index in [-0.39, 0.29) is 12.6 Å². The van der Waals surface area contributed by atoms with Crippen molar-refractivity contribution in [3.05, 3.63) is 0 Å². The topological polar surface area (TPSA) is 69.6 Å². The summed E-state index contributed by atoms with van der Waals surface area (Å²) in [6.07, 6.45) is 1.93. The first-order valence-corrected chi connectivity index (χ1v) is 4.21. The van der Waals surface area contributed by atoms with Crippen molar-refractivity contribution in [3.8, 4) is 0 Å². The summed E-state index contributed by atoms with van der Waals surface area (Å²) in [5.74, 6) is -1.000. The van der Waals surface area contributed by atoms with Gasteiger partial charge in [-0.3, -0.25) is 10.1 Å². The molecule has 0 spiro atoms. The van der Waals surface area contributed by atoms with Crippen LogP contribution in [0.4, 0.5) is 0 Å².